The van der Waals surface area contributed by atoms with E-state index in [1.54, 1.807) is 6.92 Å². The first kappa shape index (κ1) is 13.6. The first-order valence-corrected chi connectivity index (χ1v) is 5.85. The molecule has 0 saturated heterocycles. The maximum atomic E-state index is 13.4. The largest absolute Gasteiger partial charge is 0.339 e. The zero-order valence-electron chi connectivity index (χ0n) is 10.2. The number of unbranched alkanes of at least 4 members (excludes halogenated alkanes) is 1. The van der Waals surface area contributed by atoms with E-state index in [9.17, 15) is 13.6 Å². The van der Waals surface area contributed by atoms with Gasteiger partial charge < -0.3 is 4.90 Å². The monoisotopic (exact) mass is 241 g/mol. The van der Waals surface area contributed by atoms with E-state index >= 15 is 0 Å². The van der Waals surface area contributed by atoms with Gasteiger partial charge in [-0.2, -0.15) is 0 Å². The zero-order chi connectivity index (χ0) is 12.8. The lowest BCUT2D eigenvalue weighted by Gasteiger charge is -2.21. The summed E-state index contributed by atoms with van der Waals surface area (Å²) >= 11 is 0. The average Bonchev–Trinajstić information content (AvgIpc) is 2.30. The Morgan fingerprint density at radius 2 is 1.82 bits per heavy atom. The highest BCUT2D eigenvalue weighted by Crippen LogP contribution is 2.15. The Morgan fingerprint density at radius 1 is 1.24 bits per heavy atom. The molecule has 2 nitrogen and oxygen atoms in total. The van der Waals surface area contributed by atoms with Crippen molar-refractivity contribution in [3.63, 3.8) is 0 Å². The number of carbonyl (C=O) groups excluding carboxylic acids is 1. The molecule has 17 heavy (non-hydrogen) atoms. The van der Waals surface area contributed by atoms with Gasteiger partial charge in [0.1, 0.15) is 17.2 Å². The summed E-state index contributed by atoms with van der Waals surface area (Å²) in [6.07, 6.45) is 1.76. The van der Waals surface area contributed by atoms with Crippen LogP contribution in [0, 0.1) is 11.6 Å². The van der Waals surface area contributed by atoms with Gasteiger partial charge in [0.05, 0.1) is 0 Å². The Balaban J connectivity index is 2.93. The number of halogens is 2. The fourth-order valence-corrected chi connectivity index (χ4v) is 1.61. The predicted molar refractivity (Wildman–Crippen MR) is 62.8 cm³/mol. The van der Waals surface area contributed by atoms with Gasteiger partial charge in [0, 0.05) is 13.1 Å². The van der Waals surface area contributed by atoms with Gasteiger partial charge in [-0.05, 0) is 25.5 Å². The molecule has 94 valence electrons. The SMILES string of the molecule is CCCCN(CC)C(=O)c1c(F)cccc1F. The van der Waals surface area contributed by atoms with Gasteiger partial charge in [-0.25, -0.2) is 8.78 Å². The molecule has 1 amide bonds. The minimum atomic E-state index is -0.801. The normalized spacial score (nSPS) is 10.4. The third-order valence-corrected chi connectivity index (χ3v) is 2.63. The Hall–Kier alpha value is -1.45. The van der Waals surface area contributed by atoms with Crippen LogP contribution in [0.25, 0.3) is 0 Å². The summed E-state index contributed by atoms with van der Waals surface area (Å²) in [5.41, 5.74) is -0.453. The van der Waals surface area contributed by atoms with Gasteiger partial charge in [-0.1, -0.05) is 19.4 Å². The molecule has 0 fully saturated rings. The number of rotatable bonds is 5. The van der Waals surface area contributed by atoms with Crippen molar-refractivity contribution in [1.82, 2.24) is 4.90 Å². The highest BCUT2D eigenvalue weighted by Gasteiger charge is 2.21. The molecule has 0 aliphatic rings. The molecular formula is C13H17F2NO. The molecular weight excluding hydrogens is 224 g/mol. The number of amides is 1. The quantitative estimate of drug-likeness (QED) is 0.775. The summed E-state index contributed by atoms with van der Waals surface area (Å²) in [6.45, 7) is 4.78. The predicted octanol–water partition coefficient (Wildman–Crippen LogP) is 3.23. The molecule has 0 saturated carbocycles. The standard InChI is InChI=1S/C13H17F2NO/c1-3-5-9-16(4-2)13(17)12-10(14)7-6-8-11(12)15/h6-8H,3-5,9H2,1-2H3. The molecule has 0 N–H and O–H groups in total. The third kappa shape index (κ3) is 3.25. The van der Waals surface area contributed by atoms with E-state index in [1.807, 2.05) is 6.92 Å². The molecule has 0 bridgehead atoms. The fraction of sp³-hybridized carbons (Fsp3) is 0.462. The van der Waals surface area contributed by atoms with Crippen LogP contribution < -0.4 is 0 Å². The van der Waals surface area contributed by atoms with E-state index < -0.39 is 23.1 Å². The molecule has 0 aliphatic carbocycles. The topological polar surface area (TPSA) is 20.3 Å². The number of hydrogen-bond acceptors (Lipinski definition) is 1. The fourth-order valence-electron chi connectivity index (χ4n) is 1.61. The van der Waals surface area contributed by atoms with Crippen molar-refractivity contribution in [2.75, 3.05) is 13.1 Å². The smallest absolute Gasteiger partial charge is 0.259 e. The van der Waals surface area contributed by atoms with Gasteiger partial charge in [-0.15, -0.1) is 0 Å². The van der Waals surface area contributed by atoms with Crippen molar-refractivity contribution in [3.05, 3.63) is 35.4 Å². The van der Waals surface area contributed by atoms with Crippen molar-refractivity contribution in [2.45, 2.75) is 26.7 Å². The number of hydrogen-bond donors (Lipinski definition) is 0. The number of nitrogens with zero attached hydrogens (tertiary/aromatic N) is 1. The summed E-state index contributed by atoms with van der Waals surface area (Å²) in [6, 6.07) is 3.46. The van der Waals surface area contributed by atoms with Crippen LogP contribution in [0.3, 0.4) is 0 Å². The highest BCUT2D eigenvalue weighted by atomic mass is 19.1. The summed E-state index contributed by atoms with van der Waals surface area (Å²) in [5, 5.41) is 0. The van der Waals surface area contributed by atoms with Gasteiger partial charge in [0.15, 0.2) is 0 Å². The van der Waals surface area contributed by atoms with Crippen molar-refractivity contribution in [3.8, 4) is 0 Å². The van der Waals surface area contributed by atoms with Crippen LogP contribution >= 0.6 is 0 Å². The molecule has 1 aromatic rings. The van der Waals surface area contributed by atoms with Gasteiger partial charge in [0.25, 0.3) is 5.91 Å². The summed E-state index contributed by atoms with van der Waals surface area (Å²) in [4.78, 5) is 13.4. The van der Waals surface area contributed by atoms with E-state index in [0.717, 1.165) is 25.0 Å². The lowest BCUT2D eigenvalue weighted by atomic mass is 10.1. The molecule has 0 heterocycles. The van der Waals surface area contributed by atoms with E-state index in [-0.39, 0.29) is 0 Å². The second-order valence-electron chi connectivity index (χ2n) is 3.84. The number of benzene rings is 1. The minimum Gasteiger partial charge on any atom is -0.339 e. The van der Waals surface area contributed by atoms with E-state index in [0.29, 0.717) is 13.1 Å². The summed E-state index contributed by atoms with van der Waals surface area (Å²) in [7, 11) is 0. The summed E-state index contributed by atoms with van der Waals surface area (Å²) in [5.74, 6) is -2.17. The maximum Gasteiger partial charge on any atom is 0.259 e. The van der Waals surface area contributed by atoms with Crippen molar-refractivity contribution in [1.29, 1.82) is 0 Å². The van der Waals surface area contributed by atoms with Gasteiger partial charge in [0.2, 0.25) is 0 Å². The Labute approximate surface area is 100 Å². The maximum absolute atomic E-state index is 13.4. The molecule has 0 aliphatic heterocycles. The van der Waals surface area contributed by atoms with Crippen LogP contribution in [0.5, 0.6) is 0 Å². The Morgan fingerprint density at radius 3 is 2.29 bits per heavy atom. The second kappa shape index (κ2) is 6.33. The van der Waals surface area contributed by atoms with Gasteiger partial charge in [-0.3, -0.25) is 4.79 Å². The molecule has 0 spiro atoms. The Kier molecular flexibility index (Phi) is 5.07. The van der Waals surface area contributed by atoms with Crippen molar-refractivity contribution < 1.29 is 13.6 Å². The van der Waals surface area contributed by atoms with Crippen LogP contribution in [-0.2, 0) is 0 Å². The molecule has 4 heteroatoms. The first-order chi connectivity index (χ1) is 8.11. The van der Waals surface area contributed by atoms with Crippen molar-refractivity contribution >= 4 is 5.91 Å². The first-order valence-electron chi connectivity index (χ1n) is 5.85. The zero-order valence-corrected chi connectivity index (χ0v) is 10.2. The molecule has 0 radical (unpaired) electrons. The van der Waals surface area contributed by atoms with E-state index in [1.165, 1.54) is 11.0 Å². The van der Waals surface area contributed by atoms with Crippen LogP contribution in [-0.4, -0.2) is 23.9 Å². The molecule has 0 unspecified atom stereocenters. The van der Waals surface area contributed by atoms with Crippen LogP contribution in [0.4, 0.5) is 8.78 Å². The van der Waals surface area contributed by atoms with Crippen molar-refractivity contribution in [2.24, 2.45) is 0 Å². The lowest BCUT2D eigenvalue weighted by Crippen LogP contribution is -2.33. The van der Waals surface area contributed by atoms with Crippen LogP contribution in [0.1, 0.15) is 37.0 Å². The Bertz CT molecular complexity index is 373. The third-order valence-electron chi connectivity index (χ3n) is 2.63. The van der Waals surface area contributed by atoms with E-state index in [4.69, 9.17) is 0 Å². The van der Waals surface area contributed by atoms with E-state index in [2.05, 4.69) is 0 Å². The highest BCUT2D eigenvalue weighted by molar-refractivity contribution is 5.94. The minimum absolute atomic E-state index is 0.451. The summed E-state index contributed by atoms with van der Waals surface area (Å²) < 4.78 is 26.9. The number of carbonyl (C=O) groups is 1. The molecule has 1 aromatic carbocycles. The second-order valence-corrected chi connectivity index (χ2v) is 3.84. The molecule has 1 rings (SSSR count). The average molecular weight is 241 g/mol. The molecule has 0 aromatic heterocycles. The van der Waals surface area contributed by atoms with Crippen LogP contribution in [0.15, 0.2) is 18.2 Å². The van der Waals surface area contributed by atoms with Crippen LogP contribution in [0.2, 0.25) is 0 Å². The molecule has 0 atom stereocenters. The van der Waals surface area contributed by atoms with Gasteiger partial charge >= 0.3 is 0 Å². The lowest BCUT2D eigenvalue weighted by molar-refractivity contribution is 0.0752.